The van der Waals surface area contributed by atoms with Gasteiger partial charge in [0.2, 0.25) is 17.3 Å². The van der Waals surface area contributed by atoms with Crippen molar-refractivity contribution in [2.45, 2.75) is 145 Å². The van der Waals surface area contributed by atoms with E-state index in [1.807, 2.05) is 28.1 Å². The second-order valence-electron chi connectivity index (χ2n) is 18.1. The van der Waals surface area contributed by atoms with Crippen LogP contribution in [0.5, 0.6) is 0 Å². The van der Waals surface area contributed by atoms with Gasteiger partial charge in [0.05, 0.1) is 11.4 Å². The Balaban J connectivity index is 1.63. The average Bonchev–Trinajstić information content (AvgIpc) is 3.31. The molecule has 8 nitrogen and oxygen atoms in total. The molecule has 2 N–H and O–H groups in total. The van der Waals surface area contributed by atoms with Crippen LogP contribution in [-0.2, 0) is 27.2 Å². The van der Waals surface area contributed by atoms with Gasteiger partial charge in [0.25, 0.3) is 0 Å². The van der Waals surface area contributed by atoms with Crippen LogP contribution in [0, 0.1) is 11.8 Å². The lowest BCUT2D eigenvalue weighted by molar-refractivity contribution is -0.448. The van der Waals surface area contributed by atoms with Crippen molar-refractivity contribution in [1.29, 1.82) is 0 Å². The number of nitrogens with one attached hydrogen (secondary N) is 2. The fraction of sp³-hybridized carbons (Fsp3) is 0.464. The Hall–Kier alpha value is -5.71. The summed E-state index contributed by atoms with van der Waals surface area (Å²) in [5.74, 6) is -3.39. The minimum Gasteiger partial charge on any atom is -0.871 e. The van der Waals surface area contributed by atoms with Crippen molar-refractivity contribution in [3.8, 4) is 0 Å². The van der Waals surface area contributed by atoms with Crippen LogP contribution in [0.3, 0.4) is 0 Å². The molecule has 0 fully saturated rings. The molecule has 0 aromatic heterocycles. The molecule has 5 rings (SSSR count). The van der Waals surface area contributed by atoms with Gasteiger partial charge in [-0.2, -0.15) is 17.7 Å². The van der Waals surface area contributed by atoms with Gasteiger partial charge in [-0.3, -0.25) is 14.4 Å². The molecule has 2 atom stereocenters. The molecule has 2 aliphatic carbocycles. The Kier molecular flexibility index (Phi) is 19.4. The number of halogens is 3. The molecule has 11 heteroatoms. The molecule has 0 spiro atoms. The molecule has 0 bridgehead atoms. The number of alkyl halides is 3. The summed E-state index contributed by atoms with van der Waals surface area (Å²) >= 11 is 0. The molecule has 67 heavy (non-hydrogen) atoms. The first kappa shape index (κ1) is 52.3. The third-order valence-electron chi connectivity index (χ3n) is 13.0. The minimum atomic E-state index is -5.24. The zero-order chi connectivity index (χ0) is 48.7. The Morgan fingerprint density at radius 1 is 0.716 bits per heavy atom. The number of unbranched alkanes of at least 4 members (excludes halogenated alkanes) is 4. The summed E-state index contributed by atoms with van der Waals surface area (Å²) in [5.41, 5.74) is 5.01. The molecule has 0 radical (unpaired) electrons. The predicted molar refractivity (Wildman–Crippen MR) is 265 cm³/mol. The Labute approximate surface area is 396 Å². The van der Waals surface area contributed by atoms with Crippen LogP contribution in [0.1, 0.15) is 142 Å². The number of Topliss-reactive ketones (excluding diaryl/α,β-unsaturated/α-hetero) is 1. The monoisotopic (exact) mass is 921 g/mol. The van der Waals surface area contributed by atoms with E-state index in [0.717, 1.165) is 107 Å². The largest absolute Gasteiger partial charge is 0.871 e. The molecule has 0 heterocycles. The number of hydrogen-bond donors (Lipinski definition) is 2. The quantitative estimate of drug-likeness (QED) is 0.0688. The van der Waals surface area contributed by atoms with Crippen LogP contribution >= 0.6 is 0 Å². The molecule has 3 aromatic rings. The first-order chi connectivity index (χ1) is 32.2. The lowest BCUT2D eigenvalue weighted by atomic mass is 9.78. The molecule has 0 aliphatic heterocycles. The van der Waals surface area contributed by atoms with Crippen molar-refractivity contribution in [3.63, 3.8) is 0 Å². The summed E-state index contributed by atoms with van der Waals surface area (Å²) in [6.45, 7) is 15.5. The van der Waals surface area contributed by atoms with Crippen molar-refractivity contribution >= 4 is 51.6 Å². The number of hydrogen-bond acceptors (Lipinski definition) is 5. The van der Waals surface area contributed by atoms with Crippen LogP contribution in [0.25, 0.3) is 5.57 Å². The Bertz CT molecular complexity index is 2360. The van der Waals surface area contributed by atoms with Crippen LogP contribution in [0.2, 0.25) is 0 Å². The molecule has 360 valence electrons. The number of ketones is 1. The fourth-order valence-corrected chi connectivity index (χ4v) is 8.83. The number of anilines is 3. The first-order valence-corrected chi connectivity index (χ1v) is 24.7. The van der Waals surface area contributed by atoms with E-state index in [1.165, 1.54) is 30.2 Å². The lowest BCUT2D eigenvalue weighted by Crippen LogP contribution is -2.39. The number of carbonyl (C=O) groups is 3. The van der Waals surface area contributed by atoms with Gasteiger partial charge in [-0.15, -0.1) is 0 Å². The maximum atomic E-state index is 14.3. The van der Waals surface area contributed by atoms with Crippen molar-refractivity contribution in [2.24, 2.45) is 11.8 Å². The van der Waals surface area contributed by atoms with Gasteiger partial charge in [0.1, 0.15) is 0 Å². The van der Waals surface area contributed by atoms with Gasteiger partial charge >= 0.3 is 12.1 Å². The number of aryl methyl sites for hydroxylation is 2. The number of allylic oxidation sites excluding steroid dienone is 5. The van der Waals surface area contributed by atoms with E-state index in [4.69, 9.17) is 0 Å². The summed E-state index contributed by atoms with van der Waals surface area (Å²) in [6.07, 6.45) is 13.6. The third kappa shape index (κ3) is 13.7. The minimum absolute atomic E-state index is 0.114. The van der Waals surface area contributed by atoms with Crippen molar-refractivity contribution in [1.82, 2.24) is 5.32 Å². The van der Waals surface area contributed by atoms with Gasteiger partial charge in [-0.05, 0) is 92.3 Å². The Morgan fingerprint density at radius 3 is 1.82 bits per heavy atom. The highest BCUT2D eigenvalue weighted by atomic mass is 19.4. The summed E-state index contributed by atoms with van der Waals surface area (Å²) < 4.78 is 43.8. The van der Waals surface area contributed by atoms with E-state index in [1.54, 1.807) is 18.2 Å². The van der Waals surface area contributed by atoms with E-state index < -0.39 is 29.5 Å². The second kappa shape index (κ2) is 24.9. The van der Waals surface area contributed by atoms with Crippen molar-refractivity contribution < 1.29 is 37.2 Å². The van der Waals surface area contributed by atoms with E-state index in [0.29, 0.717) is 24.7 Å². The van der Waals surface area contributed by atoms with Gasteiger partial charge in [-0.1, -0.05) is 123 Å². The van der Waals surface area contributed by atoms with E-state index in [2.05, 4.69) is 88.2 Å². The molecule has 2 aliphatic rings. The molecule has 0 saturated carbocycles. The maximum Gasteiger partial charge on any atom is 0.471 e. The molecule has 0 saturated heterocycles. The topological polar surface area (TPSA) is 105 Å². The Morgan fingerprint density at radius 2 is 1.28 bits per heavy atom. The fourth-order valence-electron chi connectivity index (χ4n) is 8.83. The summed E-state index contributed by atoms with van der Waals surface area (Å²) in [4.78, 5) is 41.9. The summed E-state index contributed by atoms with van der Waals surface area (Å²) in [5, 5.41) is 19.2. The standard InChI is InChI=1S/C56H71F3N4O4/c1-8-14-18-39(12-5)36-62(43-26-22-41(23-27-43)20-16-10-3)45-30-32-47(49(34-45)60-38(7)64)51-53(65)52(54(51)66)48-33-31-46(35-50(48)61-55(67)56(57,58)59)63(37-40(13-6)19-15-9-2)44-28-24-42(25-29-44)21-17-11-4/h22-35,39-40H,8-21,36-37H2,1-7H3,(H2,60,61,64,65,66,67). The zero-order valence-corrected chi connectivity index (χ0v) is 40.7. The zero-order valence-electron chi connectivity index (χ0n) is 40.7. The highest BCUT2D eigenvalue weighted by molar-refractivity contribution is 6.40. The van der Waals surface area contributed by atoms with Gasteiger partial charge in [0.15, 0.2) is 12.3 Å². The van der Waals surface area contributed by atoms with Gasteiger partial charge in [-0.25, -0.2) is 0 Å². The highest BCUT2D eigenvalue weighted by Gasteiger charge is 2.41. The first-order valence-electron chi connectivity index (χ1n) is 24.7. The lowest BCUT2D eigenvalue weighted by Gasteiger charge is -2.35. The normalized spacial score (nSPS) is 16.6. The number of nitrogens with zero attached hydrogens (tertiary/aromatic N) is 2. The molecule has 2 amide bonds. The number of benzene rings is 3. The van der Waals surface area contributed by atoms with Gasteiger partial charge < -0.3 is 20.6 Å². The van der Waals surface area contributed by atoms with Crippen molar-refractivity contribution in [3.05, 3.63) is 124 Å². The van der Waals surface area contributed by atoms with Crippen LogP contribution < -0.4 is 20.6 Å². The SMILES string of the molecule is CCCCc1ccc(N(CC(CC)CCCC)c2ccc(C3=C([O-])C(=C4C=CC(=[N+](CC(CC)CCCC)c5ccc(CCCC)cc5)C=C4NC(=O)C(F)(F)F)C3=O)c(NC(C)=O)c2)cc1. The van der Waals surface area contributed by atoms with Crippen LogP contribution in [0.15, 0.2) is 108 Å². The number of amides is 2. The molecule has 3 aromatic carbocycles. The van der Waals surface area contributed by atoms with E-state index >= 15 is 0 Å². The predicted octanol–water partition coefficient (Wildman–Crippen LogP) is 12.8. The smallest absolute Gasteiger partial charge is 0.471 e. The number of carbonyl (C=O) groups excluding carboxylic acids is 3. The van der Waals surface area contributed by atoms with E-state index in [-0.39, 0.29) is 39.6 Å². The molecular formula is C56H71F3N4O4. The van der Waals surface area contributed by atoms with Crippen LogP contribution in [-0.4, -0.2) is 47.2 Å². The van der Waals surface area contributed by atoms with Gasteiger partial charge in [0, 0.05) is 77.3 Å². The molecular weight excluding hydrogens is 850 g/mol. The summed E-state index contributed by atoms with van der Waals surface area (Å²) in [6, 6.07) is 21.9. The summed E-state index contributed by atoms with van der Waals surface area (Å²) in [7, 11) is 0. The second-order valence-corrected chi connectivity index (χ2v) is 18.1. The van der Waals surface area contributed by atoms with Crippen LogP contribution in [0.4, 0.5) is 35.9 Å². The third-order valence-corrected chi connectivity index (χ3v) is 13.0. The highest BCUT2D eigenvalue weighted by Crippen LogP contribution is 2.43. The average molecular weight is 921 g/mol. The van der Waals surface area contributed by atoms with Crippen molar-refractivity contribution in [2.75, 3.05) is 23.3 Å². The number of rotatable bonds is 24. The van der Waals surface area contributed by atoms with E-state index in [9.17, 15) is 32.7 Å². The maximum absolute atomic E-state index is 14.3. The molecule has 2 unspecified atom stereocenters.